The number of nitrogens with one attached hydrogen (secondary N) is 1. The molecule has 0 saturated carbocycles. The molecule has 1 N–H and O–H groups in total. The molecule has 6 nitrogen and oxygen atoms in total. The van der Waals surface area contributed by atoms with Gasteiger partial charge >= 0.3 is 5.69 Å². The monoisotopic (exact) mass is 280 g/mol. The molecule has 0 aromatic carbocycles. The molecule has 0 atom stereocenters. The zero-order chi connectivity index (χ0) is 12.7. The van der Waals surface area contributed by atoms with Crippen LogP contribution in [-0.2, 0) is 0 Å². The molecule has 0 radical (unpaired) electrons. The highest BCUT2D eigenvalue weighted by Gasteiger charge is 2.25. The van der Waals surface area contributed by atoms with Gasteiger partial charge in [-0.2, -0.15) is 0 Å². The third-order valence-electron chi connectivity index (χ3n) is 2.38. The molecule has 1 aliphatic heterocycles. The number of hydrogen-bond acceptors (Lipinski definition) is 6. The summed E-state index contributed by atoms with van der Waals surface area (Å²) in [4.78, 5) is 19.1. The topological polar surface area (TPSA) is 81.0 Å². The van der Waals surface area contributed by atoms with E-state index < -0.39 is 4.92 Å². The minimum Gasteiger partial charge on any atom is -0.347 e. The van der Waals surface area contributed by atoms with Crippen molar-refractivity contribution in [2.75, 3.05) is 5.32 Å². The predicted molar refractivity (Wildman–Crippen MR) is 67.5 cm³/mol. The van der Waals surface area contributed by atoms with Gasteiger partial charge in [0.05, 0.1) is 15.5 Å². The van der Waals surface area contributed by atoms with Crippen molar-refractivity contribution in [2.45, 2.75) is 9.92 Å². The second-order valence-electron chi connectivity index (χ2n) is 3.50. The molecule has 0 spiro atoms. The van der Waals surface area contributed by atoms with Gasteiger partial charge in [-0.1, -0.05) is 23.4 Å². The number of halogens is 1. The van der Waals surface area contributed by atoms with E-state index in [0.717, 1.165) is 0 Å². The first-order chi connectivity index (χ1) is 8.65. The molecule has 0 fully saturated rings. The van der Waals surface area contributed by atoms with E-state index in [1.54, 1.807) is 18.3 Å². The van der Waals surface area contributed by atoms with Gasteiger partial charge in [-0.05, 0) is 12.1 Å². The highest BCUT2D eigenvalue weighted by atomic mass is 35.5. The summed E-state index contributed by atoms with van der Waals surface area (Å²) in [6, 6.07) is 3.37. The van der Waals surface area contributed by atoms with E-state index in [-0.39, 0.29) is 5.69 Å². The fraction of sp³-hybridized carbons (Fsp3) is 0. The number of aromatic nitrogens is 2. The average molecular weight is 281 g/mol. The molecular weight excluding hydrogens is 276 g/mol. The standard InChI is InChI=1S/C10H5ClN4O2S/c11-8-2-1-5-10(14-8)18-7-4-12-3-6(15(16)17)9(7)13-5/h1-4,13H. The van der Waals surface area contributed by atoms with Crippen LogP contribution in [0.15, 0.2) is 34.4 Å². The van der Waals surface area contributed by atoms with Gasteiger partial charge in [-0.15, -0.1) is 0 Å². The molecule has 90 valence electrons. The Morgan fingerprint density at radius 3 is 3.00 bits per heavy atom. The Morgan fingerprint density at radius 1 is 1.39 bits per heavy atom. The maximum absolute atomic E-state index is 10.9. The lowest BCUT2D eigenvalue weighted by atomic mass is 10.3. The quantitative estimate of drug-likeness (QED) is 0.419. The molecule has 2 aromatic rings. The third-order valence-corrected chi connectivity index (χ3v) is 3.62. The van der Waals surface area contributed by atoms with Crippen LogP contribution in [0, 0.1) is 10.1 Å². The number of pyridine rings is 2. The van der Waals surface area contributed by atoms with E-state index in [9.17, 15) is 10.1 Å². The summed E-state index contributed by atoms with van der Waals surface area (Å²) in [6.45, 7) is 0. The zero-order valence-corrected chi connectivity index (χ0v) is 10.3. The van der Waals surface area contributed by atoms with Crippen molar-refractivity contribution in [1.82, 2.24) is 9.97 Å². The largest absolute Gasteiger partial charge is 0.347 e. The van der Waals surface area contributed by atoms with Crippen molar-refractivity contribution in [2.24, 2.45) is 0 Å². The van der Waals surface area contributed by atoms with Crippen molar-refractivity contribution in [3.8, 4) is 0 Å². The average Bonchev–Trinajstić information content (AvgIpc) is 2.35. The molecule has 0 amide bonds. The maximum Gasteiger partial charge on any atom is 0.311 e. The highest BCUT2D eigenvalue weighted by Crippen LogP contribution is 2.46. The first-order valence-electron chi connectivity index (χ1n) is 4.89. The van der Waals surface area contributed by atoms with Gasteiger partial charge in [0.25, 0.3) is 0 Å². The van der Waals surface area contributed by atoms with Crippen LogP contribution in [0.5, 0.6) is 0 Å². The Kier molecular flexibility index (Phi) is 2.57. The number of nitro groups is 1. The normalized spacial score (nSPS) is 12.3. The first-order valence-corrected chi connectivity index (χ1v) is 6.08. The van der Waals surface area contributed by atoms with Crippen LogP contribution in [0.4, 0.5) is 17.1 Å². The molecule has 18 heavy (non-hydrogen) atoms. The van der Waals surface area contributed by atoms with Crippen molar-refractivity contribution in [3.05, 3.63) is 39.8 Å². The molecular formula is C10H5ClN4O2S. The van der Waals surface area contributed by atoms with Gasteiger partial charge in [0, 0.05) is 6.20 Å². The molecule has 0 aliphatic carbocycles. The molecule has 2 aromatic heterocycles. The van der Waals surface area contributed by atoms with Gasteiger partial charge < -0.3 is 5.32 Å². The van der Waals surface area contributed by atoms with Crippen molar-refractivity contribution < 1.29 is 4.92 Å². The van der Waals surface area contributed by atoms with Crippen LogP contribution in [0.25, 0.3) is 0 Å². The fourth-order valence-electron chi connectivity index (χ4n) is 1.60. The van der Waals surface area contributed by atoms with E-state index in [1.807, 2.05) is 0 Å². The van der Waals surface area contributed by atoms with Gasteiger partial charge in [0.2, 0.25) is 0 Å². The smallest absolute Gasteiger partial charge is 0.311 e. The van der Waals surface area contributed by atoms with Crippen LogP contribution in [0.3, 0.4) is 0 Å². The molecule has 3 heterocycles. The molecule has 0 bridgehead atoms. The number of anilines is 2. The highest BCUT2D eigenvalue weighted by molar-refractivity contribution is 7.99. The summed E-state index contributed by atoms with van der Waals surface area (Å²) in [6.07, 6.45) is 2.78. The van der Waals surface area contributed by atoms with Crippen LogP contribution in [-0.4, -0.2) is 14.9 Å². The lowest BCUT2D eigenvalue weighted by Gasteiger charge is -2.18. The lowest BCUT2D eigenvalue weighted by molar-refractivity contribution is -0.384. The maximum atomic E-state index is 10.9. The predicted octanol–water partition coefficient (Wildman–Crippen LogP) is 3.25. The van der Waals surface area contributed by atoms with Crippen LogP contribution in [0.2, 0.25) is 5.15 Å². The first kappa shape index (κ1) is 11.2. The number of rotatable bonds is 1. The Labute approximate surface area is 111 Å². The van der Waals surface area contributed by atoms with Gasteiger partial charge in [-0.25, -0.2) is 4.98 Å². The summed E-state index contributed by atoms with van der Waals surface area (Å²) in [5, 5.41) is 15.0. The van der Waals surface area contributed by atoms with Crippen molar-refractivity contribution in [3.63, 3.8) is 0 Å². The number of hydrogen-bond donors (Lipinski definition) is 1. The fourth-order valence-corrected chi connectivity index (χ4v) is 2.75. The van der Waals surface area contributed by atoms with E-state index in [2.05, 4.69) is 15.3 Å². The van der Waals surface area contributed by atoms with Gasteiger partial charge in [0.1, 0.15) is 22.1 Å². The number of fused-ring (bicyclic) bond motifs is 2. The van der Waals surface area contributed by atoms with Gasteiger partial charge in [-0.3, -0.25) is 15.1 Å². The molecule has 8 heteroatoms. The van der Waals surface area contributed by atoms with E-state index in [0.29, 0.717) is 26.4 Å². The minimum atomic E-state index is -0.465. The SMILES string of the molecule is O=[N+]([O-])c1cncc2c1Nc1ccc(Cl)nc1S2. The van der Waals surface area contributed by atoms with Crippen LogP contribution in [0.1, 0.15) is 0 Å². The van der Waals surface area contributed by atoms with E-state index >= 15 is 0 Å². The zero-order valence-electron chi connectivity index (χ0n) is 8.75. The Hall–Kier alpha value is -1.86. The summed E-state index contributed by atoms with van der Waals surface area (Å²) in [5.41, 5.74) is 1.09. The van der Waals surface area contributed by atoms with Crippen LogP contribution < -0.4 is 5.32 Å². The van der Waals surface area contributed by atoms with Gasteiger partial charge in [0.15, 0.2) is 0 Å². The Morgan fingerprint density at radius 2 is 2.22 bits per heavy atom. The molecule has 1 aliphatic rings. The van der Waals surface area contributed by atoms with Crippen molar-refractivity contribution >= 4 is 40.4 Å². The summed E-state index contributed by atoms with van der Waals surface area (Å²) >= 11 is 7.11. The molecule has 0 saturated heterocycles. The third kappa shape index (κ3) is 1.77. The van der Waals surface area contributed by atoms with E-state index in [4.69, 9.17) is 11.6 Å². The lowest BCUT2D eigenvalue weighted by Crippen LogP contribution is -2.05. The van der Waals surface area contributed by atoms with E-state index in [1.165, 1.54) is 18.0 Å². The summed E-state index contributed by atoms with van der Waals surface area (Å²) in [7, 11) is 0. The second-order valence-corrected chi connectivity index (χ2v) is 4.92. The Balaban J connectivity index is 2.13. The minimum absolute atomic E-state index is 0.0550. The summed E-state index contributed by atoms with van der Waals surface area (Å²) < 4.78 is 0. The summed E-state index contributed by atoms with van der Waals surface area (Å²) in [5.74, 6) is 0. The second kappa shape index (κ2) is 4.11. The van der Waals surface area contributed by atoms with Crippen molar-refractivity contribution in [1.29, 1.82) is 0 Å². The molecule has 0 unspecified atom stereocenters. The Bertz CT molecular complexity index is 664. The van der Waals surface area contributed by atoms with Crippen LogP contribution >= 0.6 is 23.4 Å². The number of nitrogens with zero attached hydrogens (tertiary/aromatic N) is 3. The molecule has 3 rings (SSSR count).